The zero-order valence-electron chi connectivity index (χ0n) is 6.40. The highest BCUT2D eigenvalue weighted by Crippen LogP contribution is 2.27. The molecule has 4 heteroatoms. The van der Waals surface area contributed by atoms with Crippen molar-refractivity contribution in [3.63, 3.8) is 0 Å². The number of halogens is 3. The molecular weight excluding hydrogens is 291 g/mol. The van der Waals surface area contributed by atoms with Crippen LogP contribution < -0.4 is 0 Å². The fourth-order valence-electron chi connectivity index (χ4n) is 0.854. The first-order valence-electron chi connectivity index (χ1n) is 3.27. The van der Waals surface area contributed by atoms with Crippen LogP contribution in [-0.2, 0) is 11.3 Å². The minimum Gasteiger partial charge on any atom is -0.380 e. The summed E-state index contributed by atoms with van der Waals surface area (Å²) in [6.45, 7) is 0.460. The van der Waals surface area contributed by atoms with Gasteiger partial charge >= 0.3 is 0 Å². The number of methoxy groups -OCH3 is 1. The van der Waals surface area contributed by atoms with Gasteiger partial charge in [-0.15, -0.1) is 0 Å². The predicted octanol–water partition coefficient (Wildman–Crippen LogP) is 3.50. The fourth-order valence-corrected chi connectivity index (χ4v) is 2.21. The molecule has 0 aromatic heterocycles. The van der Waals surface area contributed by atoms with Gasteiger partial charge < -0.3 is 4.74 Å². The van der Waals surface area contributed by atoms with Crippen molar-refractivity contribution in [3.8, 4) is 0 Å². The first-order valence-corrected chi connectivity index (χ1v) is 4.86. The number of benzene rings is 1. The summed E-state index contributed by atoms with van der Waals surface area (Å²) in [5, 5.41) is 0. The highest BCUT2D eigenvalue weighted by Gasteiger charge is 2.06. The number of hydrogen-bond donors (Lipinski definition) is 0. The van der Waals surface area contributed by atoms with Crippen LogP contribution in [-0.4, -0.2) is 7.11 Å². The largest absolute Gasteiger partial charge is 0.380 e. The molecule has 0 aliphatic carbocycles. The van der Waals surface area contributed by atoms with Crippen molar-refractivity contribution >= 4 is 31.9 Å². The monoisotopic (exact) mass is 296 g/mol. The summed E-state index contributed by atoms with van der Waals surface area (Å²) in [6, 6.07) is 2.83. The summed E-state index contributed by atoms with van der Waals surface area (Å²) >= 11 is 6.50. The lowest BCUT2D eigenvalue weighted by Crippen LogP contribution is -1.92. The summed E-state index contributed by atoms with van der Waals surface area (Å²) in [6.07, 6.45) is 0. The second kappa shape index (κ2) is 4.35. The molecule has 12 heavy (non-hydrogen) atoms. The van der Waals surface area contributed by atoms with Crippen LogP contribution in [0.3, 0.4) is 0 Å². The van der Waals surface area contributed by atoms with E-state index in [0.29, 0.717) is 6.61 Å². The minimum absolute atomic E-state index is 0.270. The van der Waals surface area contributed by atoms with Gasteiger partial charge in [0.25, 0.3) is 0 Å². The molecule has 0 amide bonds. The standard InChI is InChI=1S/C8H7Br2FO/c1-12-4-6-7(9)2-5(11)3-8(6)10/h2-3H,4H2,1H3. The van der Waals surface area contributed by atoms with Gasteiger partial charge in [0.05, 0.1) is 6.61 Å². The van der Waals surface area contributed by atoms with Gasteiger partial charge in [-0.25, -0.2) is 4.39 Å². The first-order chi connectivity index (χ1) is 5.65. The Balaban J connectivity index is 3.10. The second-order valence-corrected chi connectivity index (χ2v) is 3.99. The Labute approximate surface area is 87.2 Å². The van der Waals surface area contributed by atoms with Crippen LogP contribution in [0.1, 0.15) is 5.56 Å². The van der Waals surface area contributed by atoms with E-state index in [4.69, 9.17) is 4.74 Å². The minimum atomic E-state index is -0.270. The molecule has 0 aliphatic heterocycles. The Kier molecular flexibility index (Phi) is 3.68. The Morgan fingerprint density at radius 2 is 1.83 bits per heavy atom. The zero-order chi connectivity index (χ0) is 9.14. The zero-order valence-corrected chi connectivity index (χ0v) is 9.58. The van der Waals surface area contributed by atoms with Crippen molar-refractivity contribution < 1.29 is 9.13 Å². The summed E-state index contributed by atoms with van der Waals surface area (Å²) in [5.74, 6) is -0.270. The third kappa shape index (κ3) is 2.28. The second-order valence-electron chi connectivity index (χ2n) is 2.28. The molecule has 0 radical (unpaired) electrons. The number of ether oxygens (including phenoxy) is 1. The van der Waals surface area contributed by atoms with E-state index in [1.54, 1.807) is 7.11 Å². The molecule has 0 heterocycles. The molecule has 0 bridgehead atoms. The molecule has 1 aromatic rings. The van der Waals surface area contributed by atoms with Crippen molar-refractivity contribution in [2.24, 2.45) is 0 Å². The molecular formula is C8H7Br2FO. The third-order valence-corrected chi connectivity index (χ3v) is 2.81. The van der Waals surface area contributed by atoms with Gasteiger partial charge in [0.2, 0.25) is 0 Å². The summed E-state index contributed by atoms with van der Waals surface area (Å²) in [5.41, 5.74) is 0.916. The van der Waals surface area contributed by atoms with Crippen LogP contribution in [0.15, 0.2) is 21.1 Å². The van der Waals surface area contributed by atoms with Crippen LogP contribution in [0.2, 0.25) is 0 Å². The van der Waals surface area contributed by atoms with Crippen LogP contribution >= 0.6 is 31.9 Å². The maximum Gasteiger partial charge on any atom is 0.125 e. The lowest BCUT2D eigenvalue weighted by atomic mass is 10.2. The first kappa shape index (κ1) is 10.2. The van der Waals surface area contributed by atoms with Gasteiger partial charge in [0.1, 0.15) is 5.82 Å². The number of rotatable bonds is 2. The maximum absolute atomic E-state index is 12.7. The Morgan fingerprint density at radius 3 is 2.25 bits per heavy atom. The van der Waals surface area contributed by atoms with Crippen molar-refractivity contribution in [2.45, 2.75) is 6.61 Å². The topological polar surface area (TPSA) is 9.23 Å². The van der Waals surface area contributed by atoms with Gasteiger partial charge in [-0.1, -0.05) is 31.9 Å². The summed E-state index contributed by atoms with van der Waals surface area (Å²) in [7, 11) is 1.60. The van der Waals surface area contributed by atoms with Gasteiger partial charge in [-0.2, -0.15) is 0 Å². The van der Waals surface area contributed by atoms with E-state index in [2.05, 4.69) is 31.9 Å². The van der Waals surface area contributed by atoms with Gasteiger partial charge in [-0.3, -0.25) is 0 Å². The fraction of sp³-hybridized carbons (Fsp3) is 0.250. The van der Waals surface area contributed by atoms with Crippen molar-refractivity contribution in [3.05, 3.63) is 32.5 Å². The molecule has 1 rings (SSSR count). The van der Waals surface area contributed by atoms with Crippen molar-refractivity contribution in [1.29, 1.82) is 0 Å². The van der Waals surface area contributed by atoms with E-state index >= 15 is 0 Å². The average Bonchev–Trinajstić information content (AvgIpc) is 1.96. The summed E-state index contributed by atoms with van der Waals surface area (Å²) < 4.78 is 19.1. The third-order valence-electron chi connectivity index (χ3n) is 1.39. The van der Waals surface area contributed by atoms with Crippen molar-refractivity contribution in [2.75, 3.05) is 7.11 Å². The van der Waals surface area contributed by atoms with E-state index < -0.39 is 0 Å². The van der Waals surface area contributed by atoms with E-state index in [1.807, 2.05) is 0 Å². The van der Waals surface area contributed by atoms with Gasteiger partial charge in [-0.05, 0) is 12.1 Å². The van der Waals surface area contributed by atoms with E-state index in [9.17, 15) is 4.39 Å². The molecule has 66 valence electrons. The quantitative estimate of drug-likeness (QED) is 0.812. The average molecular weight is 298 g/mol. The SMILES string of the molecule is COCc1c(Br)cc(F)cc1Br. The van der Waals surface area contributed by atoms with Crippen LogP contribution in [0, 0.1) is 5.82 Å². The molecule has 1 nitrogen and oxygen atoms in total. The highest BCUT2D eigenvalue weighted by atomic mass is 79.9. The molecule has 0 unspecified atom stereocenters. The van der Waals surface area contributed by atoms with Crippen LogP contribution in [0.4, 0.5) is 4.39 Å². The lowest BCUT2D eigenvalue weighted by molar-refractivity contribution is 0.183. The molecule has 0 saturated heterocycles. The van der Waals surface area contributed by atoms with Crippen molar-refractivity contribution in [1.82, 2.24) is 0 Å². The van der Waals surface area contributed by atoms with E-state index in [-0.39, 0.29) is 5.82 Å². The summed E-state index contributed by atoms with van der Waals surface area (Å²) in [4.78, 5) is 0. The molecule has 0 N–H and O–H groups in total. The van der Waals surface area contributed by atoms with E-state index in [0.717, 1.165) is 14.5 Å². The Hall–Kier alpha value is 0.0700. The predicted molar refractivity (Wildman–Crippen MR) is 52.5 cm³/mol. The molecule has 0 fully saturated rings. The lowest BCUT2D eigenvalue weighted by Gasteiger charge is -2.05. The van der Waals surface area contributed by atoms with Crippen LogP contribution in [0.5, 0.6) is 0 Å². The molecule has 1 aromatic carbocycles. The highest BCUT2D eigenvalue weighted by molar-refractivity contribution is 9.11. The normalized spacial score (nSPS) is 10.3. The molecule has 0 atom stereocenters. The Bertz CT molecular complexity index is 265. The molecule has 0 spiro atoms. The van der Waals surface area contributed by atoms with Crippen LogP contribution in [0.25, 0.3) is 0 Å². The van der Waals surface area contributed by atoms with Gasteiger partial charge in [0.15, 0.2) is 0 Å². The number of hydrogen-bond acceptors (Lipinski definition) is 1. The van der Waals surface area contributed by atoms with E-state index in [1.165, 1.54) is 12.1 Å². The Morgan fingerprint density at radius 1 is 1.33 bits per heavy atom. The van der Waals surface area contributed by atoms with Gasteiger partial charge in [0, 0.05) is 21.6 Å². The maximum atomic E-state index is 12.7. The molecule has 0 aliphatic rings. The smallest absolute Gasteiger partial charge is 0.125 e. The molecule has 0 saturated carbocycles.